The van der Waals surface area contributed by atoms with Gasteiger partial charge >= 0.3 is 0 Å². The van der Waals surface area contributed by atoms with E-state index in [1.165, 1.54) is 11.1 Å². The average molecular weight is 555 g/mol. The Morgan fingerprint density at radius 1 is 0.419 bits per heavy atom. The first-order valence-electron chi connectivity index (χ1n) is 14.5. The summed E-state index contributed by atoms with van der Waals surface area (Å²) in [5.74, 6) is 1.98. The highest BCUT2D eigenvalue weighted by Crippen LogP contribution is 2.35. The summed E-state index contributed by atoms with van der Waals surface area (Å²) in [5.41, 5.74) is 8.48. The first-order chi connectivity index (χ1) is 21.1. The fourth-order valence-electron chi connectivity index (χ4n) is 5.54. The summed E-state index contributed by atoms with van der Waals surface area (Å²) >= 11 is 0. The molecular weight excluding hydrogens is 524 g/mol. The Kier molecular flexibility index (Phi) is 6.80. The number of hydrogen-bond acceptors (Lipinski definition) is 4. The van der Waals surface area contributed by atoms with Gasteiger partial charge in [-0.05, 0) is 22.8 Å². The van der Waals surface area contributed by atoms with E-state index in [-0.39, 0.29) is 5.41 Å². The molecule has 2 heterocycles. The van der Waals surface area contributed by atoms with E-state index < -0.39 is 0 Å². The molecule has 0 unspecified atom stereocenters. The predicted octanol–water partition coefficient (Wildman–Crippen LogP) is 9.41. The van der Waals surface area contributed by atoms with E-state index in [4.69, 9.17) is 15.0 Å². The van der Waals surface area contributed by atoms with Gasteiger partial charge in [0.15, 0.2) is 17.5 Å². The fraction of sp³-hybridized carbons (Fsp3) is 0.0769. The molecule has 0 spiro atoms. The second-order valence-corrected chi connectivity index (χ2v) is 11.2. The predicted molar refractivity (Wildman–Crippen MR) is 175 cm³/mol. The minimum absolute atomic E-state index is 0.197. The molecule has 4 nitrogen and oxygen atoms in total. The van der Waals surface area contributed by atoms with E-state index in [1.54, 1.807) is 0 Å². The second kappa shape index (κ2) is 11.1. The lowest BCUT2D eigenvalue weighted by Crippen LogP contribution is -2.18. The molecule has 7 aromatic rings. The quantitative estimate of drug-likeness (QED) is 0.205. The highest BCUT2D eigenvalue weighted by molar-refractivity contribution is 5.93. The zero-order valence-electron chi connectivity index (χ0n) is 24.1. The molecule has 0 radical (unpaired) electrons. The molecular formula is C39H30N4. The molecule has 0 saturated heterocycles. The summed E-state index contributed by atoms with van der Waals surface area (Å²) in [7, 11) is 0. The maximum Gasteiger partial charge on any atom is 0.164 e. The molecule has 0 fully saturated rings. The topological polar surface area (TPSA) is 51.6 Å². The van der Waals surface area contributed by atoms with Crippen LogP contribution in [0.25, 0.3) is 56.2 Å². The Hall–Kier alpha value is -5.48. The van der Waals surface area contributed by atoms with Gasteiger partial charge in [0.2, 0.25) is 0 Å². The van der Waals surface area contributed by atoms with Crippen molar-refractivity contribution >= 4 is 10.9 Å². The average Bonchev–Trinajstić information content (AvgIpc) is 3.09. The number of nitrogens with zero attached hydrogens (tertiary/aromatic N) is 4. The lowest BCUT2D eigenvalue weighted by Gasteiger charge is -2.26. The van der Waals surface area contributed by atoms with Crippen LogP contribution in [0.15, 0.2) is 146 Å². The normalized spacial score (nSPS) is 11.5. The molecule has 206 valence electrons. The summed E-state index contributed by atoms with van der Waals surface area (Å²) in [6.45, 7) is 4.53. The molecule has 0 atom stereocenters. The summed E-state index contributed by atoms with van der Waals surface area (Å²) in [6.07, 6.45) is 1.86. The summed E-state index contributed by atoms with van der Waals surface area (Å²) < 4.78 is 0. The minimum atomic E-state index is -0.197. The van der Waals surface area contributed by atoms with Gasteiger partial charge in [-0.2, -0.15) is 0 Å². The Labute approximate surface area is 251 Å². The van der Waals surface area contributed by atoms with Crippen molar-refractivity contribution in [3.8, 4) is 45.3 Å². The molecule has 43 heavy (non-hydrogen) atoms. The zero-order valence-corrected chi connectivity index (χ0v) is 24.1. The standard InChI is InChI=1S/C39H30N4/c1-39(2,32-22-18-27(19-23-32)34-17-9-15-28-16-10-26-40-35(28)34)33-24-20-31(21-25-33)38-42-36(29-11-5-3-6-12-29)41-37(43-38)30-13-7-4-8-14-30/h3-26H,1-2H3. The molecule has 7 rings (SSSR count). The first-order valence-corrected chi connectivity index (χ1v) is 14.5. The molecule has 5 aromatic carbocycles. The first kappa shape index (κ1) is 26.4. The third-order valence-electron chi connectivity index (χ3n) is 8.11. The van der Waals surface area contributed by atoms with Crippen LogP contribution in [-0.2, 0) is 5.41 Å². The Morgan fingerprint density at radius 3 is 1.42 bits per heavy atom. The molecule has 0 N–H and O–H groups in total. The van der Waals surface area contributed by atoms with Crippen molar-refractivity contribution in [1.82, 2.24) is 19.9 Å². The third-order valence-corrected chi connectivity index (χ3v) is 8.11. The van der Waals surface area contributed by atoms with Crippen LogP contribution in [-0.4, -0.2) is 19.9 Å². The van der Waals surface area contributed by atoms with Gasteiger partial charge in [0.05, 0.1) is 5.52 Å². The number of rotatable bonds is 6. The molecule has 4 heteroatoms. The van der Waals surface area contributed by atoms with Crippen LogP contribution in [0.4, 0.5) is 0 Å². The van der Waals surface area contributed by atoms with Crippen molar-refractivity contribution < 1.29 is 0 Å². The largest absolute Gasteiger partial charge is 0.256 e. The molecule has 2 aromatic heterocycles. The smallest absolute Gasteiger partial charge is 0.164 e. The van der Waals surface area contributed by atoms with E-state index in [0.717, 1.165) is 38.7 Å². The molecule has 0 aliphatic carbocycles. The Morgan fingerprint density at radius 2 is 0.884 bits per heavy atom. The van der Waals surface area contributed by atoms with Crippen molar-refractivity contribution in [2.45, 2.75) is 19.3 Å². The van der Waals surface area contributed by atoms with Crippen molar-refractivity contribution in [3.63, 3.8) is 0 Å². The van der Waals surface area contributed by atoms with Crippen molar-refractivity contribution in [2.24, 2.45) is 0 Å². The van der Waals surface area contributed by atoms with E-state index in [9.17, 15) is 0 Å². The number of benzene rings is 5. The van der Waals surface area contributed by atoms with Gasteiger partial charge in [0.25, 0.3) is 0 Å². The lowest BCUT2D eigenvalue weighted by atomic mass is 9.77. The van der Waals surface area contributed by atoms with Crippen LogP contribution in [0.5, 0.6) is 0 Å². The summed E-state index contributed by atoms with van der Waals surface area (Å²) in [6, 6.07) is 48.0. The van der Waals surface area contributed by atoms with Crippen LogP contribution in [0.3, 0.4) is 0 Å². The van der Waals surface area contributed by atoms with Crippen molar-refractivity contribution in [3.05, 3.63) is 157 Å². The lowest BCUT2D eigenvalue weighted by molar-refractivity contribution is 0.641. The number of pyridine rings is 1. The number of aromatic nitrogens is 4. The van der Waals surface area contributed by atoms with Gasteiger partial charge in [-0.25, -0.2) is 15.0 Å². The van der Waals surface area contributed by atoms with E-state index in [1.807, 2.05) is 72.9 Å². The van der Waals surface area contributed by atoms with Crippen LogP contribution in [0.2, 0.25) is 0 Å². The number of para-hydroxylation sites is 1. The van der Waals surface area contributed by atoms with Crippen molar-refractivity contribution in [2.75, 3.05) is 0 Å². The van der Waals surface area contributed by atoms with E-state index in [2.05, 4.69) is 91.6 Å². The van der Waals surface area contributed by atoms with Crippen molar-refractivity contribution in [1.29, 1.82) is 0 Å². The highest BCUT2D eigenvalue weighted by atomic mass is 15.0. The van der Waals surface area contributed by atoms with Gasteiger partial charge in [0.1, 0.15) is 0 Å². The maximum absolute atomic E-state index is 4.88. The third kappa shape index (κ3) is 5.20. The molecule has 0 saturated carbocycles. The summed E-state index contributed by atoms with van der Waals surface area (Å²) in [4.78, 5) is 19.2. The fourth-order valence-corrected chi connectivity index (χ4v) is 5.54. The van der Waals surface area contributed by atoms with Crippen LogP contribution < -0.4 is 0 Å². The molecule has 0 aliphatic heterocycles. The molecule has 0 amide bonds. The number of fused-ring (bicyclic) bond motifs is 1. The Balaban J connectivity index is 1.21. The molecule has 0 aliphatic rings. The zero-order chi connectivity index (χ0) is 29.2. The van der Waals surface area contributed by atoms with E-state index >= 15 is 0 Å². The van der Waals surface area contributed by atoms with Gasteiger partial charge in [-0.15, -0.1) is 0 Å². The Bertz CT molecular complexity index is 1950. The second-order valence-electron chi connectivity index (χ2n) is 11.2. The molecule has 0 bridgehead atoms. The highest BCUT2D eigenvalue weighted by Gasteiger charge is 2.23. The van der Waals surface area contributed by atoms with Gasteiger partial charge in [-0.1, -0.05) is 147 Å². The van der Waals surface area contributed by atoms with E-state index in [0.29, 0.717) is 17.5 Å². The van der Waals surface area contributed by atoms with Gasteiger partial charge in [-0.3, -0.25) is 4.98 Å². The minimum Gasteiger partial charge on any atom is -0.256 e. The summed E-state index contributed by atoms with van der Waals surface area (Å²) in [5, 5.41) is 1.15. The van der Waals surface area contributed by atoms with Crippen LogP contribution >= 0.6 is 0 Å². The van der Waals surface area contributed by atoms with Gasteiger partial charge in [0, 0.05) is 39.3 Å². The van der Waals surface area contributed by atoms with Crippen LogP contribution in [0, 0.1) is 0 Å². The van der Waals surface area contributed by atoms with Crippen LogP contribution in [0.1, 0.15) is 25.0 Å². The van der Waals surface area contributed by atoms with Gasteiger partial charge < -0.3 is 0 Å². The monoisotopic (exact) mass is 554 g/mol. The number of hydrogen-bond donors (Lipinski definition) is 0. The maximum atomic E-state index is 4.88. The SMILES string of the molecule is CC(C)(c1ccc(-c2nc(-c3ccccc3)nc(-c3ccccc3)n2)cc1)c1ccc(-c2cccc3cccnc23)cc1.